The van der Waals surface area contributed by atoms with Crippen LogP contribution in [0.15, 0.2) is 79.0 Å². The number of pyridine rings is 1. The van der Waals surface area contributed by atoms with Crippen LogP contribution in [-0.4, -0.2) is 42.7 Å². The number of rotatable bonds is 12. The van der Waals surface area contributed by atoms with Gasteiger partial charge in [-0.15, -0.1) is 0 Å². The van der Waals surface area contributed by atoms with Gasteiger partial charge in [0.2, 0.25) is 5.91 Å². The highest BCUT2D eigenvalue weighted by atomic mass is 16.5. The molecule has 1 heterocycles. The van der Waals surface area contributed by atoms with Crippen molar-refractivity contribution in [2.75, 3.05) is 36.1 Å². The number of amides is 2. The van der Waals surface area contributed by atoms with Crippen LogP contribution in [0, 0.1) is 6.92 Å². The number of fused-ring (bicyclic) bond motifs is 1. The van der Waals surface area contributed by atoms with E-state index in [1.165, 1.54) is 0 Å². The van der Waals surface area contributed by atoms with Gasteiger partial charge in [0.15, 0.2) is 0 Å². The molecule has 2 amide bonds. The molecule has 0 bridgehead atoms. The van der Waals surface area contributed by atoms with Crippen LogP contribution in [0.25, 0.3) is 10.8 Å². The smallest absolute Gasteiger partial charge is 0.411 e. The number of hydrogen-bond donors (Lipinski definition) is 4. The van der Waals surface area contributed by atoms with Gasteiger partial charge in [0.25, 0.3) is 0 Å². The molecule has 0 spiro atoms. The molecule has 0 aliphatic rings. The number of nitrogens with zero attached hydrogens (tertiary/aromatic N) is 1. The summed E-state index contributed by atoms with van der Waals surface area (Å²) in [5.74, 6) is -0.344. The molecule has 42 heavy (non-hydrogen) atoms. The molecule has 0 radical (unpaired) electrons. The van der Waals surface area contributed by atoms with E-state index >= 15 is 0 Å². The second kappa shape index (κ2) is 14.5. The van der Waals surface area contributed by atoms with Crippen LogP contribution in [-0.2, 0) is 25.5 Å². The van der Waals surface area contributed by atoms with Gasteiger partial charge in [-0.25, -0.2) is 9.78 Å². The standard InChI is InChI=1S/C32H35N5O5/c1-3-41-30(39)19-28(37-29(38)20-35-25-11-12-27-23(17-25)13-15-34-31(27)33)24-9-6-10-26(18-24)36-32(40)42-16-14-22-8-5-4-7-21(22)2/h4-13,15,17-18,28,35H,3,14,16,19-20H2,1-2H3,(H2,33,34)(H,36,40)(H,37,38). The minimum absolute atomic E-state index is 0.0312. The average Bonchev–Trinajstić information content (AvgIpc) is 2.97. The monoisotopic (exact) mass is 569 g/mol. The molecule has 3 aromatic carbocycles. The Hall–Kier alpha value is -5.12. The maximum Gasteiger partial charge on any atom is 0.411 e. The Balaban J connectivity index is 1.37. The number of esters is 1. The first-order chi connectivity index (χ1) is 20.3. The Bertz CT molecular complexity index is 1560. The van der Waals surface area contributed by atoms with Gasteiger partial charge in [0, 0.05) is 29.4 Å². The number of nitrogens with one attached hydrogen (secondary N) is 3. The molecule has 0 saturated carbocycles. The second-order valence-corrected chi connectivity index (χ2v) is 9.68. The highest BCUT2D eigenvalue weighted by Crippen LogP contribution is 2.23. The van der Waals surface area contributed by atoms with Crippen molar-refractivity contribution in [3.05, 3.63) is 95.7 Å². The van der Waals surface area contributed by atoms with E-state index in [2.05, 4.69) is 20.9 Å². The molecule has 10 nitrogen and oxygen atoms in total. The lowest BCUT2D eigenvalue weighted by atomic mass is 10.0. The van der Waals surface area contributed by atoms with E-state index < -0.39 is 18.1 Å². The lowest BCUT2D eigenvalue weighted by molar-refractivity contribution is -0.143. The van der Waals surface area contributed by atoms with Gasteiger partial charge in [-0.1, -0.05) is 36.4 Å². The molecule has 218 valence electrons. The van der Waals surface area contributed by atoms with E-state index in [0.717, 1.165) is 27.6 Å². The average molecular weight is 570 g/mol. The van der Waals surface area contributed by atoms with Crippen LogP contribution in [0.2, 0.25) is 0 Å². The van der Waals surface area contributed by atoms with Gasteiger partial charge in [-0.3, -0.25) is 14.9 Å². The molecule has 1 atom stereocenters. The van der Waals surface area contributed by atoms with Crippen molar-refractivity contribution in [3.63, 3.8) is 0 Å². The first kappa shape index (κ1) is 29.9. The van der Waals surface area contributed by atoms with E-state index in [9.17, 15) is 14.4 Å². The van der Waals surface area contributed by atoms with E-state index in [4.69, 9.17) is 15.2 Å². The molecule has 0 fully saturated rings. The summed E-state index contributed by atoms with van der Waals surface area (Å²) < 4.78 is 10.5. The van der Waals surface area contributed by atoms with Crippen molar-refractivity contribution in [3.8, 4) is 0 Å². The zero-order valence-corrected chi connectivity index (χ0v) is 23.7. The predicted molar refractivity (Wildman–Crippen MR) is 163 cm³/mol. The van der Waals surface area contributed by atoms with E-state index in [1.54, 1.807) is 37.4 Å². The largest absolute Gasteiger partial charge is 0.466 e. The van der Waals surface area contributed by atoms with Crippen LogP contribution in [0.1, 0.15) is 36.1 Å². The number of nitrogen functional groups attached to an aromatic ring is 1. The summed E-state index contributed by atoms with van der Waals surface area (Å²) >= 11 is 0. The van der Waals surface area contributed by atoms with E-state index in [0.29, 0.717) is 23.5 Å². The zero-order valence-electron chi connectivity index (χ0n) is 23.7. The van der Waals surface area contributed by atoms with Crippen molar-refractivity contribution in [1.82, 2.24) is 10.3 Å². The lowest BCUT2D eigenvalue weighted by Crippen LogP contribution is -2.34. The molecule has 0 aliphatic carbocycles. The number of nitrogens with two attached hydrogens (primary N) is 1. The number of aromatic nitrogens is 1. The van der Waals surface area contributed by atoms with Gasteiger partial charge < -0.3 is 25.8 Å². The fraction of sp³-hybridized carbons (Fsp3) is 0.250. The molecular weight excluding hydrogens is 534 g/mol. The van der Waals surface area contributed by atoms with Crippen LogP contribution >= 0.6 is 0 Å². The molecule has 5 N–H and O–H groups in total. The third-order valence-corrected chi connectivity index (χ3v) is 6.66. The molecule has 1 unspecified atom stereocenters. The Morgan fingerprint density at radius 1 is 0.952 bits per heavy atom. The van der Waals surface area contributed by atoms with Crippen LogP contribution < -0.4 is 21.7 Å². The summed E-state index contributed by atoms with van der Waals surface area (Å²) in [5.41, 5.74) is 10.0. The summed E-state index contributed by atoms with van der Waals surface area (Å²) in [5, 5.41) is 10.4. The number of ether oxygens (including phenoxy) is 2. The van der Waals surface area contributed by atoms with Gasteiger partial charge in [0.1, 0.15) is 5.82 Å². The quantitative estimate of drug-likeness (QED) is 0.172. The summed E-state index contributed by atoms with van der Waals surface area (Å²) in [6, 6.07) is 21.5. The number of aryl methyl sites for hydroxylation is 1. The third kappa shape index (κ3) is 8.44. The van der Waals surface area contributed by atoms with Crippen molar-refractivity contribution in [2.24, 2.45) is 0 Å². The molecule has 10 heteroatoms. The third-order valence-electron chi connectivity index (χ3n) is 6.66. The van der Waals surface area contributed by atoms with Crippen molar-refractivity contribution in [1.29, 1.82) is 0 Å². The number of carbonyl (C=O) groups is 3. The van der Waals surface area contributed by atoms with Gasteiger partial charge in [-0.2, -0.15) is 0 Å². The molecule has 0 saturated heterocycles. The normalized spacial score (nSPS) is 11.4. The lowest BCUT2D eigenvalue weighted by Gasteiger charge is -2.20. The molecule has 0 aliphatic heterocycles. The predicted octanol–water partition coefficient (Wildman–Crippen LogP) is 5.14. The summed E-state index contributed by atoms with van der Waals surface area (Å²) in [6.45, 7) is 4.15. The topological polar surface area (TPSA) is 145 Å². The Kier molecular flexibility index (Phi) is 10.3. The summed E-state index contributed by atoms with van der Waals surface area (Å²) in [7, 11) is 0. The van der Waals surface area contributed by atoms with Crippen molar-refractivity contribution < 1.29 is 23.9 Å². The number of hydrogen-bond acceptors (Lipinski definition) is 8. The summed E-state index contributed by atoms with van der Waals surface area (Å²) in [6.07, 6.45) is 1.56. The van der Waals surface area contributed by atoms with Gasteiger partial charge in [-0.05, 0) is 72.3 Å². The van der Waals surface area contributed by atoms with E-state index in [1.807, 2.05) is 55.5 Å². The molecular formula is C32H35N5O5. The van der Waals surface area contributed by atoms with Crippen LogP contribution in [0.5, 0.6) is 0 Å². The number of anilines is 3. The highest BCUT2D eigenvalue weighted by molar-refractivity contribution is 5.93. The highest BCUT2D eigenvalue weighted by Gasteiger charge is 2.20. The molecule has 4 aromatic rings. The maximum atomic E-state index is 12.9. The second-order valence-electron chi connectivity index (χ2n) is 9.68. The van der Waals surface area contributed by atoms with Crippen LogP contribution in [0.4, 0.5) is 22.0 Å². The maximum absolute atomic E-state index is 12.9. The fourth-order valence-electron chi connectivity index (χ4n) is 4.51. The first-order valence-electron chi connectivity index (χ1n) is 13.7. The zero-order chi connectivity index (χ0) is 29.9. The van der Waals surface area contributed by atoms with E-state index in [-0.39, 0.29) is 32.1 Å². The van der Waals surface area contributed by atoms with Crippen molar-refractivity contribution >= 4 is 45.9 Å². The molecule has 1 aromatic heterocycles. The Morgan fingerprint density at radius 2 is 1.79 bits per heavy atom. The molecule has 4 rings (SSSR count). The number of carbonyl (C=O) groups excluding carboxylic acids is 3. The summed E-state index contributed by atoms with van der Waals surface area (Å²) in [4.78, 5) is 41.8. The van der Waals surface area contributed by atoms with Crippen molar-refractivity contribution in [2.45, 2.75) is 32.7 Å². The number of benzene rings is 3. The van der Waals surface area contributed by atoms with Crippen LogP contribution in [0.3, 0.4) is 0 Å². The van der Waals surface area contributed by atoms with Gasteiger partial charge >= 0.3 is 12.1 Å². The SMILES string of the molecule is CCOC(=O)CC(NC(=O)CNc1ccc2c(N)nccc2c1)c1cccc(NC(=O)OCCc2ccccc2C)c1. The minimum Gasteiger partial charge on any atom is -0.466 e. The Morgan fingerprint density at radius 3 is 2.60 bits per heavy atom. The minimum atomic E-state index is -0.681. The van der Waals surface area contributed by atoms with Gasteiger partial charge in [0.05, 0.1) is 32.2 Å². The Labute approximate surface area is 244 Å². The first-order valence-corrected chi connectivity index (χ1v) is 13.7. The fourth-order valence-corrected chi connectivity index (χ4v) is 4.51.